The van der Waals surface area contributed by atoms with E-state index in [0.29, 0.717) is 19.5 Å². The summed E-state index contributed by atoms with van der Waals surface area (Å²) in [5.74, 6) is -3.26. The molecule has 0 saturated heterocycles. The van der Waals surface area contributed by atoms with Crippen molar-refractivity contribution in [1.29, 1.82) is 0 Å². The molecule has 0 atom stereocenters. The summed E-state index contributed by atoms with van der Waals surface area (Å²) in [7, 11) is 0. The van der Waals surface area contributed by atoms with Gasteiger partial charge in [-0.3, -0.25) is 9.59 Å². The van der Waals surface area contributed by atoms with Crippen molar-refractivity contribution in [3.8, 4) is 0 Å². The van der Waals surface area contributed by atoms with E-state index in [4.69, 9.17) is 10.2 Å². The highest BCUT2D eigenvalue weighted by Crippen LogP contribution is 2.11. The summed E-state index contributed by atoms with van der Waals surface area (Å²) in [6.45, 7) is 3.41. The Bertz CT molecular complexity index is 601. The molecule has 0 aliphatic carbocycles. The number of carboxylic acid groups (broad SMARTS) is 2. The minimum absolute atomic E-state index is 0.285. The van der Waals surface area contributed by atoms with Gasteiger partial charge in [0.2, 0.25) is 11.8 Å². The van der Waals surface area contributed by atoms with Crippen molar-refractivity contribution >= 4 is 23.8 Å². The molecule has 8 nitrogen and oxygen atoms in total. The van der Waals surface area contributed by atoms with E-state index in [2.05, 4.69) is 12.2 Å². The lowest BCUT2D eigenvalue weighted by Crippen LogP contribution is -2.34. The Hall–Kier alpha value is -2.64. The topological polar surface area (TPSA) is 124 Å². The van der Waals surface area contributed by atoms with Gasteiger partial charge in [-0.1, -0.05) is 64.7 Å². The Kier molecular flexibility index (Phi) is 17.7. The number of hydrogen-bond donors (Lipinski definition) is 3. The quantitative estimate of drug-likeness (QED) is 0.209. The first-order chi connectivity index (χ1) is 14.9. The first kappa shape index (κ1) is 28.4. The van der Waals surface area contributed by atoms with Gasteiger partial charge in [0, 0.05) is 43.9 Å². The number of nitrogens with one attached hydrogen (secondary N) is 1. The van der Waals surface area contributed by atoms with E-state index >= 15 is 0 Å². The minimum atomic E-state index is -1.20. The Morgan fingerprint density at radius 2 is 1.16 bits per heavy atom. The van der Waals surface area contributed by atoms with Gasteiger partial charge < -0.3 is 20.4 Å². The first-order valence-corrected chi connectivity index (χ1v) is 11.3. The molecular formula is C23H38N2O6. The normalized spacial score (nSPS) is 11.1. The van der Waals surface area contributed by atoms with Gasteiger partial charge in [-0.05, 0) is 12.8 Å². The fraction of sp³-hybridized carbons (Fsp3) is 0.652. The van der Waals surface area contributed by atoms with E-state index in [1.165, 1.54) is 44.9 Å². The van der Waals surface area contributed by atoms with Crippen LogP contribution in [0.2, 0.25) is 0 Å². The van der Waals surface area contributed by atoms with Crippen LogP contribution in [-0.4, -0.2) is 58.5 Å². The SMILES string of the molecule is CCCCCCCCCCCCN(CCCNC(=O)/C=C\C(=O)O)C(=O)/C=C\C(=O)O. The Labute approximate surface area is 185 Å². The Balaban J connectivity index is 4.22. The third-order valence-corrected chi connectivity index (χ3v) is 4.74. The fourth-order valence-electron chi connectivity index (χ4n) is 3.06. The second-order valence-electron chi connectivity index (χ2n) is 7.49. The molecule has 0 radical (unpaired) electrons. The molecule has 0 rings (SSSR count). The van der Waals surface area contributed by atoms with Crippen LogP contribution in [0, 0.1) is 0 Å². The number of carbonyl (C=O) groups excluding carboxylic acids is 2. The molecule has 3 N–H and O–H groups in total. The summed E-state index contributed by atoms with van der Waals surface area (Å²) in [5, 5.41) is 19.8. The van der Waals surface area contributed by atoms with E-state index in [0.717, 1.165) is 43.6 Å². The highest BCUT2D eigenvalue weighted by atomic mass is 16.4. The predicted molar refractivity (Wildman–Crippen MR) is 120 cm³/mol. The van der Waals surface area contributed by atoms with Gasteiger partial charge in [0.1, 0.15) is 0 Å². The molecule has 0 heterocycles. The molecule has 0 aromatic rings. The van der Waals surface area contributed by atoms with E-state index < -0.39 is 17.8 Å². The number of nitrogens with zero attached hydrogens (tertiary/aromatic N) is 1. The third kappa shape index (κ3) is 19.1. The summed E-state index contributed by atoms with van der Waals surface area (Å²) in [4.78, 5) is 46.3. The van der Waals surface area contributed by atoms with Crippen molar-refractivity contribution in [2.24, 2.45) is 0 Å². The van der Waals surface area contributed by atoms with Crippen molar-refractivity contribution in [3.05, 3.63) is 24.3 Å². The number of carbonyl (C=O) groups is 4. The number of aliphatic carboxylic acids is 2. The summed E-state index contributed by atoms with van der Waals surface area (Å²) in [6, 6.07) is 0. The summed E-state index contributed by atoms with van der Waals surface area (Å²) in [5.41, 5.74) is 0. The molecule has 0 fully saturated rings. The van der Waals surface area contributed by atoms with Crippen LogP contribution in [0.15, 0.2) is 24.3 Å². The van der Waals surface area contributed by atoms with E-state index in [-0.39, 0.29) is 12.5 Å². The second-order valence-corrected chi connectivity index (χ2v) is 7.49. The standard InChI is InChI=1S/C23H38N2O6/c1-2-3-4-5-6-7-8-9-10-11-18-25(21(27)14-16-23(30)31)19-12-17-24-20(26)13-15-22(28)29/h13-16H,2-12,17-19H2,1H3,(H,24,26)(H,28,29)(H,30,31)/b15-13-,16-14-. The van der Waals surface area contributed by atoms with Gasteiger partial charge in [0.15, 0.2) is 0 Å². The zero-order chi connectivity index (χ0) is 23.3. The van der Waals surface area contributed by atoms with E-state index in [1.54, 1.807) is 4.90 Å². The zero-order valence-corrected chi connectivity index (χ0v) is 18.7. The van der Waals surface area contributed by atoms with Crippen LogP contribution in [0.3, 0.4) is 0 Å². The number of hydrogen-bond acceptors (Lipinski definition) is 4. The van der Waals surface area contributed by atoms with E-state index in [1.807, 2.05) is 0 Å². The molecule has 176 valence electrons. The predicted octanol–water partition coefficient (Wildman–Crippen LogP) is 3.52. The van der Waals surface area contributed by atoms with Crippen LogP contribution in [-0.2, 0) is 19.2 Å². The zero-order valence-electron chi connectivity index (χ0n) is 18.7. The van der Waals surface area contributed by atoms with Gasteiger partial charge in [0.05, 0.1) is 0 Å². The van der Waals surface area contributed by atoms with Crippen LogP contribution in [0.5, 0.6) is 0 Å². The van der Waals surface area contributed by atoms with Crippen LogP contribution in [0.25, 0.3) is 0 Å². The Morgan fingerprint density at radius 1 is 0.677 bits per heavy atom. The monoisotopic (exact) mass is 438 g/mol. The third-order valence-electron chi connectivity index (χ3n) is 4.74. The maximum atomic E-state index is 12.3. The maximum absolute atomic E-state index is 12.3. The van der Waals surface area contributed by atoms with Crippen LogP contribution in [0.4, 0.5) is 0 Å². The molecule has 0 aromatic heterocycles. The van der Waals surface area contributed by atoms with Crippen molar-refractivity contribution in [3.63, 3.8) is 0 Å². The van der Waals surface area contributed by atoms with Gasteiger partial charge in [-0.25, -0.2) is 9.59 Å². The minimum Gasteiger partial charge on any atom is -0.478 e. The van der Waals surface area contributed by atoms with Crippen LogP contribution >= 0.6 is 0 Å². The van der Waals surface area contributed by atoms with Crippen molar-refractivity contribution in [1.82, 2.24) is 10.2 Å². The molecule has 8 heteroatoms. The molecule has 31 heavy (non-hydrogen) atoms. The average Bonchev–Trinajstić information content (AvgIpc) is 2.73. The van der Waals surface area contributed by atoms with Gasteiger partial charge in [-0.2, -0.15) is 0 Å². The summed E-state index contributed by atoms with van der Waals surface area (Å²) >= 11 is 0. The van der Waals surface area contributed by atoms with Gasteiger partial charge in [0.25, 0.3) is 0 Å². The first-order valence-electron chi connectivity index (χ1n) is 11.3. The number of unbranched alkanes of at least 4 members (excludes halogenated alkanes) is 9. The van der Waals surface area contributed by atoms with Crippen LogP contribution in [0.1, 0.15) is 77.6 Å². The Morgan fingerprint density at radius 3 is 1.71 bits per heavy atom. The van der Waals surface area contributed by atoms with E-state index in [9.17, 15) is 19.2 Å². The average molecular weight is 439 g/mol. The number of rotatable bonds is 19. The van der Waals surface area contributed by atoms with Gasteiger partial charge >= 0.3 is 11.9 Å². The largest absolute Gasteiger partial charge is 0.478 e. The lowest BCUT2D eigenvalue weighted by molar-refractivity contribution is -0.132. The lowest BCUT2D eigenvalue weighted by atomic mass is 10.1. The van der Waals surface area contributed by atoms with Crippen LogP contribution < -0.4 is 5.32 Å². The molecular weight excluding hydrogens is 400 g/mol. The molecule has 0 saturated carbocycles. The molecule has 0 aromatic carbocycles. The molecule has 0 aliphatic rings. The summed E-state index contributed by atoms with van der Waals surface area (Å²) < 4.78 is 0. The number of carboxylic acids is 2. The van der Waals surface area contributed by atoms with Crippen molar-refractivity contribution < 1.29 is 29.4 Å². The highest BCUT2D eigenvalue weighted by Gasteiger charge is 2.11. The van der Waals surface area contributed by atoms with Crippen molar-refractivity contribution in [2.75, 3.05) is 19.6 Å². The van der Waals surface area contributed by atoms with Crippen molar-refractivity contribution in [2.45, 2.75) is 77.6 Å². The smallest absolute Gasteiger partial charge is 0.328 e. The molecule has 0 aliphatic heterocycles. The van der Waals surface area contributed by atoms with Gasteiger partial charge in [-0.15, -0.1) is 0 Å². The second kappa shape index (κ2) is 19.3. The molecule has 2 amide bonds. The lowest BCUT2D eigenvalue weighted by Gasteiger charge is -2.21. The maximum Gasteiger partial charge on any atom is 0.328 e. The molecule has 0 bridgehead atoms. The number of amides is 2. The fourth-order valence-corrected chi connectivity index (χ4v) is 3.06. The summed E-state index contributed by atoms with van der Waals surface area (Å²) in [6.07, 6.45) is 15.9. The highest BCUT2D eigenvalue weighted by molar-refractivity contribution is 5.94. The molecule has 0 spiro atoms. The molecule has 0 unspecified atom stereocenters.